The number of nitrogens with zero attached hydrogens (tertiary/aromatic N) is 4. The van der Waals surface area contributed by atoms with E-state index in [-0.39, 0.29) is 6.04 Å². The molecule has 0 unspecified atom stereocenters. The predicted octanol–water partition coefficient (Wildman–Crippen LogP) is 3.39. The second kappa shape index (κ2) is 6.15. The third-order valence-corrected chi connectivity index (χ3v) is 4.22. The van der Waals surface area contributed by atoms with Crippen molar-refractivity contribution in [2.24, 2.45) is 0 Å². The van der Waals surface area contributed by atoms with Gasteiger partial charge in [-0.05, 0) is 37.6 Å². The Balaban J connectivity index is 1.69. The molecule has 3 aromatic rings. The lowest BCUT2D eigenvalue weighted by Crippen LogP contribution is -2.22. The Hall–Kier alpha value is -2.05. The summed E-state index contributed by atoms with van der Waals surface area (Å²) < 4.78 is 5.71. The molecule has 3 rings (SSSR count). The minimum Gasteiger partial charge on any atom is -0.419 e. The summed E-state index contributed by atoms with van der Waals surface area (Å²) in [4.78, 5) is 7.51. The van der Waals surface area contributed by atoms with Gasteiger partial charge in [0.25, 0.3) is 5.89 Å². The topological polar surface area (TPSA) is 55.1 Å². The molecule has 1 atom stereocenters. The lowest BCUT2D eigenvalue weighted by Gasteiger charge is -2.22. The van der Waals surface area contributed by atoms with Gasteiger partial charge in [0.05, 0.1) is 17.1 Å². The molecule has 0 radical (unpaired) electrons. The van der Waals surface area contributed by atoms with E-state index >= 15 is 0 Å². The van der Waals surface area contributed by atoms with Crippen molar-refractivity contribution < 1.29 is 4.42 Å². The fourth-order valence-corrected chi connectivity index (χ4v) is 2.66. The van der Waals surface area contributed by atoms with Crippen molar-refractivity contribution in [2.45, 2.75) is 19.5 Å². The fourth-order valence-electron chi connectivity index (χ4n) is 2.02. The van der Waals surface area contributed by atoms with Gasteiger partial charge < -0.3 is 4.42 Å². The Morgan fingerprint density at radius 1 is 1.24 bits per heavy atom. The monoisotopic (exact) mass is 300 g/mol. The van der Waals surface area contributed by atoms with E-state index in [1.807, 2.05) is 42.8 Å². The first-order chi connectivity index (χ1) is 10.2. The first-order valence-electron chi connectivity index (χ1n) is 6.71. The van der Waals surface area contributed by atoms with Crippen LogP contribution in [0.5, 0.6) is 0 Å². The lowest BCUT2D eigenvalue weighted by atomic mass is 10.2. The van der Waals surface area contributed by atoms with Crippen LogP contribution in [0.4, 0.5) is 0 Å². The van der Waals surface area contributed by atoms with E-state index < -0.39 is 0 Å². The maximum absolute atomic E-state index is 5.71. The van der Waals surface area contributed by atoms with Crippen LogP contribution in [0.1, 0.15) is 24.6 Å². The molecular formula is C15H16N4OS. The standard InChI is InChI=1S/C15H16N4OS/c1-11(12-6-3-4-8-16-12)19(2)10-14-17-18-15(20-14)13-7-5-9-21-13/h3-9,11H,10H2,1-2H3/t11-/m0/s1. The molecule has 3 heterocycles. The third-order valence-electron chi connectivity index (χ3n) is 3.36. The molecule has 0 saturated carbocycles. The van der Waals surface area contributed by atoms with Gasteiger partial charge in [0.1, 0.15) is 0 Å². The van der Waals surface area contributed by atoms with Crippen LogP contribution in [-0.4, -0.2) is 27.1 Å². The van der Waals surface area contributed by atoms with Crippen molar-refractivity contribution in [3.05, 3.63) is 53.5 Å². The number of pyridine rings is 1. The molecular weight excluding hydrogens is 284 g/mol. The zero-order valence-corrected chi connectivity index (χ0v) is 12.7. The van der Waals surface area contributed by atoms with Gasteiger partial charge in [-0.3, -0.25) is 9.88 Å². The number of hydrogen-bond acceptors (Lipinski definition) is 6. The maximum Gasteiger partial charge on any atom is 0.257 e. The largest absolute Gasteiger partial charge is 0.419 e. The molecule has 0 fully saturated rings. The van der Waals surface area contributed by atoms with E-state index in [2.05, 4.69) is 27.0 Å². The molecule has 0 amide bonds. The summed E-state index contributed by atoms with van der Waals surface area (Å²) in [5, 5.41) is 10.2. The SMILES string of the molecule is C[C@@H](c1ccccn1)N(C)Cc1nnc(-c2cccs2)o1. The van der Waals surface area contributed by atoms with E-state index in [0.717, 1.165) is 10.6 Å². The van der Waals surface area contributed by atoms with Crippen molar-refractivity contribution in [3.8, 4) is 10.8 Å². The van der Waals surface area contributed by atoms with Gasteiger partial charge in [0.15, 0.2) is 0 Å². The molecule has 0 aliphatic heterocycles. The Labute approximate surface area is 127 Å². The average molecular weight is 300 g/mol. The molecule has 108 valence electrons. The van der Waals surface area contributed by atoms with Gasteiger partial charge in [-0.25, -0.2) is 0 Å². The number of hydrogen-bond donors (Lipinski definition) is 0. The summed E-state index contributed by atoms with van der Waals surface area (Å²) in [5.74, 6) is 1.20. The molecule has 5 nitrogen and oxygen atoms in total. The van der Waals surface area contributed by atoms with Crippen LogP contribution in [-0.2, 0) is 6.54 Å². The Bertz CT molecular complexity index is 681. The van der Waals surface area contributed by atoms with Gasteiger partial charge in [-0.15, -0.1) is 21.5 Å². The van der Waals surface area contributed by atoms with Crippen LogP contribution in [0.3, 0.4) is 0 Å². The Morgan fingerprint density at radius 2 is 2.14 bits per heavy atom. The van der Waals surface area contributed by atoms with Crippen molar-refractivity contribution >= 4 is 11.3 Å². The van der Waals surface area contributed by atoms with Crippen LogP contribution >= 0.6 is 11.3 Å². The zero-order valence-electron chi connectivity index (χ0n) is 11.9. The van der Waals surface area contributed by atoms with Crippen molar-refractivity contribution in [1.82, 2.24) is 20.1 Å². The lowest BCUT2D eigenvalue weighted by molar-refractivity contribution is 0.225. The summed E-state index contributed by atoms with van der Waals surface area (Å²) in [6.45, 7) is 2.70. The van der Waals surface area contributed by atoms with Crippen molar-refractivity contribution in [3.63, 3.8) is 0 Å². The van der Waals surface area contributed by atoms with E-state index in [0.29, 0.717) is 18.3 Å². The van der Waals surface area contributed by atoms with Crippen LogP contribution in [0, 0.1) is 0 Å². The van der Waals surface area contributed by atoms with E-state index in [1.165, 1.54) is 0 Å². The van der Waals surface area contributed by atoms with Crippen molar-refractivity contribution in [2.75, 3.05) is 7.05 Å². The molecule has 0 aromatic carbocycles. The quantitative estimate of drug-likeness (QED) is 0.723. The minimum absolute atomic E-state index is 0.184. The highest BCUT2D eigenvalue weighted by atomic mass is 32.1. The molecule has 0 spiro atoms. The number of rotatable bonds is 5. The van der Waals surface area contributed by atoms with Crippen LogP contribution in [0.2, 0.25) is 0 Å². The van der Waals surface area contributed by atoms with E-state index in [9.17, 15) is 0 Å². The molecule has 0 aliphatic rings. The van der Waals surface area contributed by atoms with E-state index in [4.69, 9.17) is 4.42 Å². The molecule has 21 heavy (non-hydrogen) atoms. The minimum atomic E-state index is 0.184. The van der Waals surface area contributed by atoms with Crippen LogP contribution < -0.4 is 0 Å². The molecule has 0 bridgehead atoms. The van der Waals surface area contributed by atoms with Gasteiger partial charge in [0.2, 0.25) is 5.89 Å². The summed E-state index contributed by atoms with van der Waals surface area (Å²) in [6, 6.07) is 10.1. The predicted molar refractivity (Wildman–Crippen MR) is 81.7 cm³/mol. The van der Waals surface area contributed by atoms with Crippen molar-refractivity contribution in [1.29, 1.82) is 0 Å². The molecule has 0 N–H and O–H groups in total. The van der Waals surface area contributed by atoms with E-state index in [1.54, 1.807) is 17.5 Å². The summed E-state index contributed by atoms with van der Waals surface area (Å²) in [7, 11) is 2.02. The number of thiophene rings is 1. The third kappa shape index (κ3) is 3.17. The Morgan fingerprint density at radius 3 is 2.86 bits per heavy atom. The molecule has 3 aromatic heterocycles. The second-order valence-electron chi connectivity index (χ2n) is 4.82. The first kappa shape index (κ1) is 13.9. The zero-order chi connectivity index (χ0) is 14.7. The molecule has 0 aliphatic carbocycles. The van der Waals surface area contributed by atoms with Crippen LogP contribution in [0.15, 0.2) is 46.3 Å². The van der Waals surface area contributed by atoms with Gasteiger partial charge in [-0.2, -0.15) is 0 Å². The highest BCUT2D eigenvalue weighted by molar-refractivity contribution is 7.13. The smallest absolute Gasteiger partial charge is 0.257 e. The Kier molecular flexibility index (Phi) is 4.08. The fraction of sp³-hybridized carbons (Fsp3) is 0.267. The van der Waals surface area contributed by atoms with Gasteiger partial charge >= 0.3 is 0 Å². The highest BCUT2D eigenvalue weighted by Crippen LogP contribution is 2.24. The summed E-state index contributed by atoms with van der Waals surface area (Å²) in [6.07, 6.45) is 1.81. The maximum atomic E-state index is 5.71. The highest BCUT2D eigenvalue weighted by Gasteiger charge is 2.16. The second-order valence-corrected chi connectivity index (χ2v) is 5.77. The summed E-state index contributed by atoms with van der Waals surface area (Å²) in [5.41, 5.74) is 1.03. The molecule has 0 saturated heterocycles. The van der Waals surface area contributed by atoms with Gasteiger partial charge in [-0.1, -0.05) is 12.1 Å². The average Bonchev–Trinajstić information content (AvgIpc) is 3.18. The normalized spacial score (nSPS) is 12.7. The van der Waals surface area contributed by atoms with Crippen LogP contribution in [0.25, 0.3) is 10.8 Å². The van der Waals surface area contributed by atoms with Gasteiger partial charge in [0, 0.05) is 12.2 Å². The molecule has 6 heteroatoms. The first-order valence-corrected chi connectivity index (χ1v) is 7.59. The summed E-state index contributed by atoms with van der Waals surface area (Å²) >= 11 is 1.59. The number of aromatic nitrogens is 3.